The van der Waals surface area contributed by atoms with E-state index >= 15 is 0 Å². The lowest BCUT2D eigenvalue weighted by atomic mass is 10.2. The van der Waals surface area contributed by atoms with Gasteiger partial charge in [-0.25, -0.2) is 9.97 Å². The first-order valence-corrected chi connectivity index (χ1v) is 10.2. The number of thiazole rings is 1. The van der Waals surface area contributed by atoms with Crippen molar-refractivity contribution in [2.75, 3.05) is 19.5 Å². The number of hydrogen-bond donors (Lipinski definition) is 1. The van der Waals surface area contributed by atoms with Gasteiger partial charge in [0.25, 0.3) is 5.91 Å². The van der Waals surface area contributed by atoms with Gasteiger partial charge in [-0.1, -0.05) is 12.1 Å². The van der Waals surface area contributed by atoms with Crippen LogP contribution in [0.5, 0.6) is 11.5 Å². The molecule has 1 amide bonds. The molecule has 0 atom stereocenters. The van der Waals surface area contributed by atoms with Crippen LogP contribution in [-0.4, -0.2) is 30.1 Å². The highest BCUT2D eigenvalue weighted by molar-refractivity contribution is 9.10. The molecular weight excluding hydrogens is 454 g/mol. The van der Waals surface area contributed by atoms with Gasteiger partial charge < -0.3 is 14.8 Å². The molecule has 29 heavy (non-hydrogen) atoms. The van der Waals surface area contributed by atoms with Crippen LogP contribution >= 0.6 is 27.3 Å². The molecule has 0 saturated carbocycles. The number of halogens is 1. The first-order chi connectivity index (χ1) is 14.1. The number of carbonyl (C=O) groups is 1. The standard InChI is InChI=1S/C21H16BrN3O3S/c1-27-15-9-13(10-16(28-2)19(15)22)20(26)25-18-8-7-12(11-23-18)21-24-14-5-3-4-6-17(14)29-21/h3-11H,1-2H3,(H,23,25,26). The molecule has 6 nitrogen and oxygen atoms in total. The molecule has 0 aliphatic rings. The molecular formula is C21H16BrN3O3S. The molecule has 2 heterocycles. The highest BCUT2D eigenvalue weighted by atomic mass is 79.9. The number of anilines is 1. The van der Waals surface area contributed by atoms with Crippen LogP contribution in [-0.2, 0) is 0 Å². The lowest BCUT2D eigenvalue weighted by Crippen LogP contribution is -2.13. The van der Waals surface area contributed by atoms with E-state index in [4.69, 9.17) is 9.47 Å². The highest BCUT2D eigenvalue weighted by Gasteiger charge is 2.15. The molecule has 2 aromatic carbocycles. The lowest BCUT2D eigenvalue weighted by molar-refractivity contribution is 0.102. The normalized spacial score (nSPS) is 10.7. The van der Waals surface area contributed by atoms with E-state index in [9.17, 15) is 4.79 Å². The van der Waals surface area contributed by atoms with E-state index in [-0.39, 0.29) is 5.91 Å². The second-order valence-corrected chi connectivity index (χ2v) is 7.89. The molecule has 146 valence electrons. The summed E-state index contributed by atoms with van der Waals surface area (Å²) in [5, 5.41) is 3.68. The Morgan fingerprint density at radius 2 is 1.79 bits per heavy atom. The Labute approximate surface area is 179 Å². The molecule has 0 bridgehead atoms. The van der Waals surface area contributed by atoms with Crippen molar-refractivity contribution in [2.24, 2.45) is 0 Å². The minimum absolute atomic E-state index is 0.311. The van der Waals surface area contributed by atoms with Crippen molar-refractivity contribution in [3.8, 4) is 22.1 Å². The molecule has 1 N–H and O–H groups in total. The number of nitrogens with zero attached hydrogens (tertiary/aromatic N) is 2. The number of para-hydroxylation sites is 1. The van der Waals surface area contributed by atoms with Gasteiger partial charge in [0.1, 0.15) is 26.8 Å². The number of benzene rings is 2. The number of fused-ring (bicyclic) bond motifs is 1. The number of nitrogens with one attached hydrogen (secondary N) is 1. The van der Waals surface area contributed by atoms with Gasteiger partial charge in [-0.3, -0.25) is 4.79 Å². The Balaban J connectivity index is 1.55. The van der Waals surface area contributed by atoms with Crippen LogP contribution in [0.15, 0.2) is 59.2 Å². The summed E-state index contributed by atoms with van der Waals surface area (Å²) in [5.41, 5.74) is 2.26. The Bertz CT molecular complexity index is 1130. The van der Waals surface area contributed by atoms with Gasteiger partial charge >= 0.3 is 0 Å². The molecule has 0 aliphatic carbocycles. The maximum absolute atomic E-state index is 12.6. The zero-order valence-electron chi connectivity index (χ0n) is 15.6. The summed E-state index contributed by atoms with van der Waals surface area (Å²) >= 11 is 5.00. The fraction of sp³-hybridized carbons (Fsp3) is 0.0952. The highest BCUT2D eigenvalue weighted by Crippen LogP contribution is 2.36. The largest absolute Gasteiger partial charge is 0.495 e. The van der Waals surface area contributed by atoms with E-state index < -0.39 is 0 Å². The minimum Gasteiger partial charge on any atom is -0.495 e. The topological polar surface area (TPSA) is 73.3 Å². The second kappa shape index (κ2) is 8.18. The van der Waals surface area contributed by atoms with E-state index in [1.165, 1.54) is 14.2 Å². The van der Waals surface area contributed by atoms with E-state index in [0.29, 0.717) is 27.4 Å². The number of ether oxygens (including phenoxy) is 2. The van der Waals surface area contributed by atoms with Crippen molar-refractivity contribution in [1.29, 1.82) is 0 Å². The Morgan fingerprint density at radius 1 is 1.07 bits per heavy atom. The molecule has 0 fully saturated rings. The van der Waals surface area contributed by atoms with Crippen molar-refractivity contribution < 1.29 is 14.3 Å². The van der Waals surface area contributed by atoms with E-state index in [2.05, 4.69) is 31.2 Å². The third kappa shape index (κ3) is 3.94. The number of pyridine rings is 1. The van der Waals surface area contributed by atoms with Crippen LogP contribution in [0.2, 0.25) is 0 Å². The van der Waals surface area contributed by atoms with Gasteiger partial charge in [-0.05, 0) is 52.3 Å². The second-order valence-electron chi connectivity index (χ2n) is 6.07. The van der Waals surface area contributed by atoms with Crippen LogP contribution in [0, 0.1) is 0 Å². The molecule has 0 aliphatic heterocycles. The quantitative estimate of drug-likeness (QED) is 0.424. The van der Waals surface area contributed by atoms with Gasteiger partial charge in [0.05, 0.1) is 24.4 Å². The Kier molecular flexibility index (Phi) is 5.46. The zero-order valence-corrected chi connectivity index (χ0v) is 18.0. The van der Waals surface area contributed by atoms with Crippen LogP contribution in [0.3, 0.4) is 0 Å². The molecule has 2 aromatic heterocycles. The number of amides is 1. The summed E-state index contributed by atoms with van der Waals surface area (Å²) in [6, 6.07) is 14.9. The molecule has 0 unspecified atom stereocenters. The van der Waals surface area contributed by atoms with Crippen molar-refractivity contribution in [3.63, 3.8) is 0 Å². The van der Waals surface area contributed by atoms with Crippen LogP contribution in [0.25, 0.3) is 20.8 Å². The van der Waals surface area contributed by atoms with E-state index in [1.807, 2.05) is 30.3 Å². The minimum atomic E-state index is -0.311. The monoisotopic (exact) mass is 469 g/mol. The van der Waals surface area contributed by atoms with Crippen molar-refractivity contribution in [3.05, 3.63) is 64.8 Å². The average molecular weight is 470 g/mol. The van der Waals surface area contributed by atoms with Gasteiger partial charge in [0.2, 0.25) is 0 Å². The third-order valence-corrected chi connectivity index (χ3v) is 6.12. The summed E-state index contributed by atoms with van der Waals surface area (Å²) < 4.78 is 12.4. The summed E-state index contributed by atoms with van der Waals surface area (Å²) in [5.74, 6) is 1.15. The third-order valence-electron chi connectivity index (χ3n) is 4.25. The smallest absolute Gasteiger partial charge is 0.257 e. The summed E-state index contributed by atoms with van der Waals surface area (Å²) in [6.45, 7) is 0. The van der Waals surface area contributed by atoms with Gasteiger partial charge in [0, 0.05) is 17.3 Å². The molecule has 4 rings (SSSR count). The maximum Gasteiger partial charge on any atom is 0.257 e. The van der Waals surface area contributed by atoms with E-state index in [1.54, 1.807) is 35.7 Å². The Morgan fingerprint density at radius 3 is 2.41 bits per heavy atom. The van der Waals surface area contributed by atoms with Crippen LogP contribution in [0.1, 0.15) is 10.4 Å². The van der Waals surface area contributed by atoms with Crippen molar-refractivity contribution >= 4 is 49.2 Å². The first kappa shape index (κ1) is 19.4. The van der Waals surface area contributed by atoms with Gasteiger partial charge in [-0.15, -0.1) is 11.3 Å². The molecule has 0 radical (unpaired) electrons. The average Bonchev–Trinajstić information content (AvgIpc) is 3.18. The summed E-state index contributed by atoms with van der Waals surface area (Å²) in [4.78, 5) is 21.6. The SMILES string of the molecule is COc1cc(C(=O)Nc2ccc(-c3nc4ccccc4s3)cn2)cc(OC)c1Br. The molecule has 8 heteroatoms. The Hall–Kier alpha value is -2.97. The fourth-order valence-electron chi connectivity index (χ4n) is 2.78. The zero-order chi connectivity index (χ0) is 20.4. The van der Waals surface area contributed by atoms with Crippen LogP contribution in [0.4, 0.5) is 5.82 Å². The summed E-state index contributed by atoms with van der Waals surface area (Å²) in [6.07, 6.45) is 1.70. The lowest BCUT2D eigenvalue weighted by Gasteiger charge is -2.11. The number of aromatic nitrogens is 2. The number of hydrogen-bond acceptors (Lipinski definition) is 6. The first-order valence-electron chi connectivity index (χ1n) is 8.64. The van der Waals surface area contributed by atoms with Crippen molar-refractivity contribution in [1.82, 2.24) is 9.97 Å². The number of carbonyl (C=O) groups excluding carboxylic acids is 1. The maximum atomic E-state index is 12.6. The molecule has 0 saturated heterocycles. The van der Waals surface area contributed by atoms with Crippen LogP contribution < -0.4 is 14.8 Å². The van der Waals surface area contributed by atoms with Crippen molar-refractivity contribution in [2.45, 2.75) is 0 Å². The van der Waals surface area contributed by atoms with E-state index in [0.717, 1.165) is 20.8 Å². The van der Waals surface area contributed by atoms with Gasteiger partial charge in [0.15, 0.2) is 0 Å². The number of methoxy groups -OCH3 is 2. The molecule has 4 aromatic rings. The van der Waals surface area contributed by atoms with Gasteiger partial charge in [-0.2, -0.15) is 0 Å². The fourth-order valence-corrected chi connectivity index (χ4v) is 4.29. The number of rotatable bonds is 5. The predicted molar refractivity (Wildman–Crippen MR) is 118 cm³/mol. The molecule has 0 spiro atoms. The predicted octanol–water partition coefficient (Wildman–Crippen LogP) is 5.39. The summed E-state index contributed by atoms with van der Waals surface area (Å²) in [7, 11) is 3.06.